The van der Waals surface area contributed by atoms with Gasteiger partial charge in [0.1, 0.15) is 0 Å². The second kappa shape index (κ2) is 3.81. The van der Waals surface area contributed by atoms with Crippen LogP contribution in [0, 0.1) is 5.41 Å². The summed E-state index contributed by atoms with van der Waals surface area (Å²) in [6, 6.07) is 6.79. The summed E-state index contributed by atoms with van der Waals surface area (Å²) in [5, 5.41) is 0.0567. The monoisotopic (exact) mass is 248 g/mol. The van der Waals surface area contributed by atoms with Gasteiger partial charge in [0.2, 0.25) is 5.78 Å². The summed E-state index contributed by atoms with van der Waals surface area (Å²) in [5.41, 5.74) is 0.822. The molecule has 0 saturated carbocycles. The summed E-state index contributed by atoms with van der Waals surface area (Å²) >= 11 is 6.05. The van der Waals surface area contributed by atoms with E-state index in [9.17, 15) is 9.59 Å². The van der Waals surface area contributed by atoms with Crippen molar-refractivity contribution in [2.75, 3.05) is 0 Å². The molecule has 17 heavy (non-hydrogen) atoms. The molecule has 0 aromatic heterocycles. The second-order valence-corrected chi connectivity index (χ2v) is 5.52. The normalized spacial score (nSPS) is 16.2. The van der Waals surface area contributed by atoms with Crippen molar-refractivity contribution in [1.29, 1.82) is 0 Å². The third kappa shape index (κ3) is 1.83. The highest BCUT2D eigenvalue weighted by molar-refractivity contribution is 6.50. The van der Waals surface area contributed by atoms with E-state index in [-0.39, 0.29) is 16.6 Å². The smallest absolute Gasteiger partial charge is 0.205 e. The number of fused-ring (bicyclic) bond motifs is 1. The van der Waals surface area contributed by atoms with Crippen molar-refractivity contribution < 1.29 is 9.59 Å². The van der Waals surface area contributed by atoms with Gasteiger partial charge in [-0.1, -0.05) is 56.6 Å². The van der Waals surface area contributed by atoms with E-state index in [0.29, 0.717) is 16.7 Å². The maximum Gasteiger partial charge on any atom is 0.205 e. The first-order valence-corrected chi connectivity index (χ1v) is 5.80. The fraction of sp³-hybridized carbons (Fsp3) is 0.286. The second-order valence-electron chi connectivity index (χ2n) is 5.14. The minimum atomic E-state index is -0.433. The molecule has 0 unspecified atom stereocenters. The molecule has 0 N–H and O–H groups in total. The van der Waals surface area contributed by atoms with Crippen LogP contribution in [0.15, 0.2) is 34.9 Å². The van der Waals surface area contributed by atoms with Gasteiger partial charge in [-0.3, -0.25) is 9.59 Å². The Hall–Kier alpha value is -1.41. The first-order valence-electron chi connectivity index (χ1n) is 5.42. The number of benzene rings is 1. The summed E-state index contributed by atoms with van der Waals surface area (Å²) in [5.74, 6) is -0.399. The van der Waals surface area contributed by atoms with E-state index in [2.05, 4.69) is 0 Å². The number of hydrogen-bond acceptors (Lipinski definition) is 2. The highest BCUT2D eigenvalue weighted by atomic mass is 35.5. The van der Waals surface area contributed by atoms with Gasteiger partial charge in [-0.2, -0.15) is 0 Å². The number of hydrogen-bond donors (Lipinski definition) is 0. The highest BCUT2D eigenvalue weighted by Gasteiger charge is 2.36. The predicted octanol–water partition coefficient (Wildman–Crippen LogP) is 3.60. The third-order valence-corrected chi connectivity index (χ3v) is 3.17. The van der Waals surface area contributed by atoms with Crippen molar-refractivity contribution in [3.05, 3.63) is 46.0 Å². The molecule has 2 rings (SSSR count). The van der Waals surface area contributed by atoms with Crippen LogP contribution in [0.2, 0.25) is 0 Å². The van der Waals surface area contributed by atoms with E-state index in [1.165, 1.54) is 0 Å². The molecule has 2 nitrogen and oxygen atoms in total. The average molecular weight is 249 g/mol. The SMILES string of the molecule is CC(C)(C)C1=C(Cl)C(=O)c2ccccc2C1=O. The maximum atomic E-state index is 12.3. The molecule has 0 fully saturated rings. The van der Waals surface area contributed by atoms with Gasteiger partial charge >= 0.3 is 0 Å². The van der Waals surface area contributed by atoms with Crippen LogP contribution in [0.4, 0.5) is 0 Å². The lowest BCUT2D eigenvalue weighted by Crippen LogP contribution is -2.27. The van der Waals surface area contributed by atoms with Crippen LogP contribution in [0.3, 0.4) is 0 Å². The molecule has 0 saturated heterocycles. The van der Waals surface area contributed by atoms with Crippen molar-refractivity contribution in [3.8, 4) is 0 Å². The maximum absolute atomic E-state index is 12.3. The topological polar surface area (TPSA) is 34.1 Å². The molecule has 0 radical (unpaired) electrons. The lowest BCUT2D eigenvalue weighted by atomic mass is 9.77. The zero-order valence-electron chi connectivity index (χ0n) is 10.0. The van der Waals surface area contributed by atoms with E-state index in [4.69, 9.17) is 11.6 Å². The van der Waals surface area contributed by atoms with Gasteiger partial charge in [0.05, 0.1) is 5.03 Å². The number of halogens is 1. The first-order chi connectivity index (χ1) is 7.84. The fourth-order valence-corrected chi connectivity index (χ4v) is 2.49. The molecular formula is C14H13ClO2. The van der Waals surface area contributed by atoms with Crippen LogP contribution >= 0.6 is 11.6 Å². The van der Waals surface area contributed by atoms with Crippen LogP contribution in [0.1, 0.15) is 41.5 Å². The zero-order valence-corrected chi connectivity index (χ0v) is 10.8. The Bertz CT molecular complexity index is 548. The van der Waals surface area contributed by atoms with E-state index in [1.807, 2.05) is 20.8 Å². The summed E-state index contributed by atoms with van der Waals surface area (Å²) in [6.07, 6.45) is 0. The van der Waals surface area contributed by atoms with Crippen molar-refractivity contribution in [2.45, 2.75) is 20.8 Å². The molecule has 1 aliphatic rings. The quantitative estimate of drug-likeness (QED) is 0.703. The molecule has 88 valence electrons. The molecule has 1 aliphatic carbocycles. The van der Waals surface area contributed by atoms with E-state index in [0.717, 1.165) is 0 Å². The Kier molecular flexibility index (Phi) is 2.70. The van der Waals surface area contributed by atoms with Crippen LogP contribution in [-0.4, -0.2) is 11.6 Å². The summed E-state index contributed by atoms with van der Waals surface area (Å²) < 4.78 is 0. The molecule has 3 heteroatoms. The number of carbonyl (C=O) groups excluding carboxylic acids is 2. The third-order valence-electron chi connectivity index (χ3n) is 2.81. The number of allylic oxidation sites excluding steroid dienone is 2. The van der Waals surface area contributed by atoms with Crippen molar-refractivity contribution in [1.82, 2.24) is 0 Å². The lowest BCUT2D eigenvalue weighted by molar-refractivity contribution is 0.0963. The van der Waals surface area contributed by atoms with Crippen LogP contribution in [0.25, 0.3) is 0 Å². The Morgan fingerprint density at radius 3 is 1.88 bits per heavy atom. The van der Waals surface area contributed by atoms with Gasteiger partial charge in [0.25, 0.3) is 0 Å². The molecular weight excluding hydrogens is 236 g/mol. The summed E-state index contributed by atoms with van der Waals surface area (Å²) in [7, 11) is 0. The van der Waals surface area contributed by atoms with Gasteiger partial charge in [-0.15, -0.1) is 0 Å². The Morgan fingerprint density at radius 1 is 0.941 bits per heavy atom. The van der Waals surface area contributed by atoms with Gasteiger partial charge in [0.15, 0.2) is 5.78 Å². The molecule has 0 aliphatic heterocycles. The van der Waals surface area contributed by atoms with Gasteiger partial charge in [-0.25, -0.2) is 0 Å². The van der Waals surface area contributed by atoms with Crippen molar-refractivity contribution in [3.63, 3.8) is 0 Å². The van der Waals surface area contributed by atoms with Crippen molar-refractivity contribution >= 4 is 23.2 Å². The van der Waals surface area contributed by atoms with E-state index < -0.39 is 5.41 Å². The number of rotatable bonds is 0. The molecule has 0 spiro atoms. The Balaban J connectivity index is 2.71. The largest absolute Gasteiger partial charge is 0.289 e. The molecule has 0 bridgehead atoms. The first kappa shape index (κ1) is 12.1. The fourth-order valence-electron chi connectivity index (χ4n) is 2.02. The minimum Gasteiger partial charge on any atom is -0.289 e. The summed E-state index contributed by atoms with van der Waals surface area (Å²) in [4.78, 5) is 24.4. The molecule has 1 aromatic carbocycles. The predicted molar refractivity (Wildman–Crippen MR) is 67.4 cm³/mol. The standard InChI is InChI=1S/C14H13ClO2/c1-14(2,3)10-11(15)13(17)9-7-5-4-6-8(9)12(10)16/h4-7H,1-3H3. The molecule has 0 atom stereocenters. The lowest BCUT2D eigenvalue weighted by Gasteiger charge is -2.27. The van der Waals surface area contributed by atoms with Gasteiger partial charge in [0, 0.05) is 16.7 Å². The van der Waals surface area contributed by atoms with Gasteiger partial charge < -0.3 is 0 Å². The molecule has 1 aromatic rings. The number of Topliss-reactive ketones (excluding diaryl/α,β-unsaturated/α-hetero) is 2. The van der Waals surface area contributed by atoms with Crippen LogP contribution < -0.4 is 0 Å². The summed E-state index contributed by atoms with van der Waals surface area (Å²) in [6.45, 7) is 5.64. The average Bonchev–Trinajstić information content (AvgIpc) is 2.24. The molecule has 0 amide bonds. The highest BCUT2D eigenvalue weighted by Crippen LogP contribution is 2.38. The Morgan fingerprint density at radius 2 is 1.41 bits per heavy atom. The Labute approximate surface area is 105 Å². The van der Waals surface area contributed by atoms with Crippen LogP contribution in [-0.2, 0) is 0 Å². The zero-order chi connectivity index (χ0) is 12.8. The minimum absolute atomic E-state index is 0.0567. The van der Waals surface area contributed by atoms with Gasteiger partial charge in [-0.05, 0) is 5.41 Å². The van der Waals surface area contributed by atoms with E-state index in [1.54, 1.807) is 24.3 Å². The number of ketones is 2. The number of carbonyl (C=O) groups is 2. The van der Waals surface area contributed by atoms with E-state index >= 15 is 0 Å². The molecule has 0 heterocycles. The van der Waals surface area contributed by atoms with Crippen LogP contribution in [0.5, 0.6) is 0 Å². The van der Waals surface area contributed by atoms with Crippen molar-refractivity contribution in [2.24, 2.45) is 5.41 Å².